The van der Waals surface area contributed by atoms with Gasteiger partial charge in [-0.25, -0.2) is 0 Å². The van der Waals surface area contributed by atoms with E-state index >= 15 is 0 Å². The molecular weight excluding hydrogens is 292 g/mol. The van der Waals surface area contributed by atoms with Crippen LogP contribution in [0.15, 0.2) is 4.99 Å². The van der Waals surface area contributed by atoms with Crippen LogP contribution in [0.25, 0.3) is 0 Å². The topological polar surface area (TPSA) is 76.4 Å². The molecular formula is C16H28N6O. The number of guanidine groups is 1. The monoisotopic (exact) mass is 320 g/mol. The molecule has 0 aromatic carbocycles. The molecule has 0 radical (unpaired) electrons. The molecule has 1 fully saturated rings. The van der Waals surface area contributed by atoms with Gasteiger partial charge in [0.05, 0.1) is 0 Å². The Morgan fingerprint density at radius 3 is 2.91 bits per heavy atom. The summed E-state index contributed by atoms with van der Waals surface area (Å²) in [4.78, 5) is 4.82. The lowest BCUT2D eigenvalue weighted by molar-refractivity contribution is 0.0822. The number of hydrogen-bond donors (Lipinski definition) is 2. The zero-order valence-corrected chi connectivity index (χ0v) is 14.2. The first-order valence-electron chi connectivity index (χ1n) is 8.77. The van der Waals surface area contributed by atoms with Gasteiger partial charge in [-0.3, -0.25) is 4.99 Å². The van der Waals surface area contributed by atoms with Gasteiger partial charge in [-0.2, -0.15) is 0 Å². The molecule has 7 nitrogen and oxygen atoms in total. The average molecular weight is 320 g/mol. The number of aromatic nitrogens is 3. The van der Waals surface area contributed by atoms with Gasteiger partial charge in [-0.05, 0) is 39.0 Å². The molecule has 23 heavy (non-hydrogen) atoms. The molecule has 3 heterocycles. The third-order valence-corrected chi connectivity index (χ3v) is 4.64. The molecule has 2 aliphatic rings. The molecule has 0 saturated carbocycles. The number of rotatable bonds is 4. The predicted molar refractivity (Wildman–Crippen MR) is 89.5 cm³/mol. The zero-order valence-electron chi connectivity index (χ0n) is 14.2. The van der Waals surface area contributed by atoms with Crippen LogP contribution >= 0.6 is 0 Å². The largest absolute Gasteiger partial charge is 0.381 e. The average Bonchev–Trinajstić information content (AvgIpc) is 2.95. The van der Waals surface area contributed by atoms with E-state index in [-0.39, 0.29) is 0 Å². The highest BCUT2D eigenvalue weighted by molar-refractivity contribution is 5.80. The number of aryl methyl sites for hydroxylation is 2. The van der Waals surface area contributed by atoms with Crippen molar-refractivity contribution < 1.29 is 4.74 Å². The normalized spacial score (nSPS) is 22.7. The molecule has 0 bridgehead atoms. The Hall–Kier alpha value is -1.63. The summed E-state index contributed by atoms with van der Waals surface area (Å²) >= 11 is 0. The second-order valence-electron chi connectivity index (χ2n) is 6.43. The third-order valence-electron chi connectivity index (χ3n) is 4.64. The van der Waals surface area contributed by atoms with Crippen LogP contribution < -0.4 is 10.6 Å². The second-order valence-corrected chi connectivity index (χ2v) is 6.43. The minimum atomic E-state index is 0.472. The number of aliphatic imine (C=N–C) groups is 1. The summed E-state index contributed by atoms with van der Waals surface area (Å²) in [6.45, 7) is 8.52. The van der Waals surface area contributed by atoms with Gasteiger partial charge in [0.2, 0.25) is 0 Å². The molecule has 128 valence electrons. The Morgan fingerprint density at radius 1 is 1.30 bits per heavy atom. The van der Waals surface area contributed by atoms with Crippen LogP contribution in [0.4, 0.5) is 0 Å². The maximum Gasteiger partial charge on any atom is 0.191 e. The number of nitrogens with zero attached hydrogens (tertiary/aromatic N) is 4. The lowest BCUT2D eigenvalue weighted by Gasteiger charge is -2.26. The summed E-state index contributed by atoms with van der Waals surface area (Å²) in [5, 5.41) is 15.3. The maximum absolute atomic E-state index is 5.42. The van der Waals surface area contributed by atoms with Gasteiger partial charge in [0.1, 0.15) is 11.6 Å². The molecule has 1 aromatic rings. The van der Waals surface area contributed by atoms with E-state index in [1.807, 2.05) is 6.92 Å². The van der Waals surface area contributed by atoms with Crippen molar-refractivity contribution in [2.24, 2.45) is 10.9 Å². The number of nitrogens with one attached hydrogen (secondary N) is 2. The molecule has 7 heteroatoms. The number of ether oxygens (including phenoxy) is 1. The van der Waals surface area contributed by atoms with Crippen LogP contribution in [0.2, 0.25) is 0 Å². The van der Waals surface area contributed by atoms with Gasteiger partial charge in [0.15, 0.2) is 5.96 Å². The maximum atomic E-state index is 5.42. The molecule has 1 aromatic heterocycles. The summed E-state index contributed by atoms with van der Waals surface area (Å²) in [5.74, 6) is 3.63. The summed E-state index contributed by atoms with van der Waals surface area (Å²) < 4.78 is 7.66. The Bertz CT molecular complexity index is 535. The fourth-order valence-electron chi connectivity index (χ4n) is 3.25. The van der Waals surface area contributed by atoms with E-state index in [0.717, 1.165) is 76.1 Å². The lowest BCUT2D eigenvalue weighted by atomic mass is 9.99. The van der Waals surface area contributed by atoms with E-state index in [4.69, 9.17) is 9.73 Å². The molecule has 0 spiro atoms. The molecule has 1 unspecified atom stereocenters. The van der Waals surface area contributed by atoms with E-state index in [0.29, 0.717) is 12.0 Å². The summed E-state index contributed by atoms with van der Waals surface area (Å²) in [6.07, 6.45) is 4.25. The highest BCUT2D eigenvalue weighted by Crippen LogP contribution is 2.20. The van der Waals surface area contributed by atoms with Crippen LogP contribution in [0.5, 0.6) is 0 Å². The first kappa shape index (κ1) is 16.2. The van der Waals surface area contributed by atoms with E-state index in [9.17, 15) is 0 Å². The molecule has 3 rings (SSSR count). The minimum absolute atomic E-state index is 0.472. The summed E-state index contributed by atoms with van der Waals surface area (Å²) in [7, 11) is 0. The third kappa shape index (κ3) is 4.22. The Kier molecular flexibility index (Phi) is 5.48. The Morgan fingerprint density at radius 2 is 2.13 bits per heavy atom. The molecule has 1 atom stereocenters. The van der Waals surface area contributed by atoms with Crippen LogP contribution in [0, 0.1) is 12.8 Å². The van der Waals surface area contributed by atoms with Gasteiger partial charge in [0.25, 0.3) is 0 Å². The quantitative estimate of drug-likeness (QED) is 0.636. The lowest BCUT2D eigenvalue weighted by Crippen LogP contribution is -2.46. The molecule has 2 aliphatic heterocycles. The van der Waals surface area contributed by atoms with Crippen molar-refractivity contribution in [3.63, 3.8) is 0 Å². The molecule has 1 saturated heterocycles. The van der Waals surface area contributed by atoms with E-state index < -0.39 is 0 Å². The van der Waals surface area contributed by atoms with Crippen LogP contribution in [0.1, 0.15) is 37.8 Å². The van der Waals surface area contributed by atoms with E-state index in [1.165, 1.54) is 0 Å². The number of hydrogen-bond acceptors (Lipinski definition) is 4. The Labute approximate surface area is 137 Å². The molecule has 0 amide bonds. The Balaban J connectivity index is 1.56. The van der Waals surface area contributed by atoms with Gasteiger partial charge in [-0.1, -0.05) is 0 Å². The van der Waals surface area contributed by atoms with Crippen molar-refractivity contribution in [1.82, 2.24) is 25.4 Å². The van der Waals surface area contributed by atoms with Gasteiger partial charge < -0.3 is 19.9 Å². The first-order valence-corrected chi connectivity index (χ1v) is 8.77. The van der Waals surface area contributed by atoms with Crippen molar-refractivity contribution in [3.05, 3.63) is 11.6 Å². The summed E-state index contributed by atoms with van der Waals surface area (Å²) in [6, 6.07) is 0.472. The van der Waals surface area contributed by atoms with Crippen LogP contribution in [0.3, 0.4) is 0 Å². The standard InChI is InChI=1S/C16H28N6O/c1-3-17-16(19-14-6-8-23-9-7-14)18-10-13-4-5-15-21-20-12(2)22(15)11-13/h13-14H,3-11H2,1-2H3,(H2,17,18,19). The number of fused-ring (bicyclic) bond motifs is 1. The minimum Gasteiger partial charge on any atom is -0.381 e. The van der Waals surface area contributed by atoms with Crippen molar-refractivity contribution in [2.75, 3.05) is 26.3 Å². The van der Waals surface area contributed by atoms with Gasteiger partial charge in [-0.15, -0.1) is 10.2 Å². The van der Waals surface area contributed by atoms with E-state index in [2.05, 4.69) is 32.3 Å². The van der Waals surface area contributed by atoms with Gasteiger partial charge >= 0.3 is 0 Å². The van der Waals surface area contributed by atoms with Crippen molar-refractivity contribution >= 4 is 5.96 Å². The van der Waals surface area contributed by atoms with Crippen molar-refractivity contribution in [1.29, 1.82) is 0 Å². The zero-order chi connectivity index (χ0) is 16.1. The molecule has 2 N–H and O–H groups in total. The van der Waals surface area contributed by atoms with E-state index in [1.54, 1.807) is 0 Å². The van der Waals surface area contributed by atoms with Crippen molar-refractivity contribution in [2.45, 2.75) is 52.1 Å². The fourth-order valence-corrected chi connectivity index (χ4v) is 3.25. The SMILES string of the molecule is CCNC(=NCC1CCc2nnc(C)n2C1)NC1CCOCC1. The fraction of sp³-hybridized carbons (Fsp3) is 0.812. The molecule has 0 aliphatic carbocycles. The highest BCUT2D eigenvalue weighted by Gasteiger charge is 2.21. The van der Waals surface area contributed by atoms with Crippen LogP contribution in [-0.4, -0.2) is 53.1 Å². The predicted octanol–water partition coefficient (Wildman–Crippen LogP) is 0.883. The van der Waals surface area contributed by atoms with Gasteiger partial charge in [0, 0.05) is 45.3 Å². The highest BCUT2D eigenvalue weighted by atomic mass is 16.5. The second kappa shape index (κ2) is 7.77. The van der Waals surface area contributed by atoms with Crippen molar-refractivity contribution in [3.8, 4) is 0 Å². The first-order chi connectivity index (χ1) is 11.3. The smallest absolute Gasteiger partial charge is 0.191 e. The summed E-state index contributed by atoms with van der Waals surface area (Å²) in [5.41, 5.74) is 0. The van der Waals surface area contributed by atoms with Crippen LogP contribution in [-0.2, 0) is 17.7 Å².